The van der Waals surface area contributed by atoms with Crippen LogP contribution in [0.5, 0.6) is 0 Å². The molecule has 1 saturated heterocycles. The van der Waals surface area contributed by atoms with Gasteiger partial charge in [0.2, 0.25) is 15.9 Å². The van der Waals surface area contributed by atoms with Crippen LogP contribution >= 0.6 is 0 Å². The lowest BCUT2D eigenvalue weighted by Gasteiger charge is -2.29. The first-order chi connectivity index (χ1) is 14.4. The predicted molar refractivity (Wildman–Crippen MR) is 114 cm³/mol. The Hall–Kier alpha value is -2.71. The van der Waals surface area contributed by atoms with Crippen molar-refractivity contribution in [1.29, 1.82) is 0 Å². The van der Waals surface area contributed by atoms with E-state index >= 15 is 0 Å². The third kappa shape index (κ3) is 5.67. The summed E-state index contributed by atoms with van der Waals surface area (Å²) in [6, 6.07) is 15.3. The van der Waals surface area contributed by atoms with Crippen molar-refractivity contribution in [3.63, 3.8) is 0 Å². The van der Waals surface area contributed by atoms with Gasteiger partial charge < -0.3 is 10.6 Å². The second-order valence-electron chi connectivity index (χ2n) is 7.56. The Bertz CT molecular complexity index is 967. The fraction of sp³-hybridized carbons (Fsp3) is 0.364. The molecular formula is C22H27N3O4S. The predicted octanol–water partition coefficient (Wildman–Crippen LogP) is 2.15. The number of nitrogens with zero attached hydrogens (tertiary/aromatic N) is 1. The summed E-state index contributed by atoms with van der Waals surface area (Å²) in [5.41, 5.74) is 1.27. The third-order valence-corrected chi connectivity index (χ3v) is 7.15. The molecule has 1 aliphatic heterocycles. The number of rotatable bonds is 7. The van der Waals surface area contributed by atoms with Gasteiger partial charge in [0.25, 0.3) is 5.91 Å². The molecule has 160 valence electrons. The summed E-state index contributed by atoms with van der Waals surface area (Å²) in [4.78, 5) is 24.4. The van der Waals surface area contributed by atoms with Crippen molar-refractivity contribution in [2.45, 2.75) is 31.2 Å². The molecule has 2 amide bonds. The summed E-state index contributed by atoms with van der Waals surface area (Å²) in [6.07, 6.45) is 1.71. The van der Waals surface area contributed by atoms with Crippen LogP contribution in [0.3, 0.4) is 0 Å². The Balaban J connectivity index is 1.51. The van der Waals surface area contributed by atoms with Crippen LogP contribution < -0.4 is 10.6 Å². The first kappa shape index (κ1) is 22.0. The zero-order valence-corrected chi connectivity index (χ0v) is 17.8. The molecule has 0 aliphatic carbocycles. The van der Waals surface area contributed by atoms with Gasteiger partial charge in [-0.3, -0.25) is 9.59 Å². The number of amides is 2. The van der Waals surface area contributed by atoms with Crippen LogP contribution in [0.4, 0.5) is 0 Å². The number of hydrogen-bond acceptors (Lipinski definition) is 4. The zero-order chi connectivity index (χ0) is 21.6. The van der Waals surface area contributed by atoms with Crippen molar-refractivity contribution in [2.75, 3.05) is 19.6 Å². The number of nitrogens with one attached hydrogen (secondary N) is 2. The van der Waals surface area contributed by atoms with E-state index in [0.717, 1.165) is 18.4 Å². The fourth-order valence-corrected chi connectivity index (χ4v) is 4.74. The van der Waals surface area contributed by atoms with E-state index in [4.69, 9.17) is 0 Å². The first-order valence-electron chi connectivity index (χ1n) is 10.1. The Kier molecular flexibility index (Phi) is 7.23. The Morgan fingerprint density at radius 2 is 1.60 bits per heavy atom. The maximum Gasteiger partial charge on any atom is 0.251 e. The highest BCUT2D eigenvalue weighted by Gasteiger charge is 2.28. The van der Waals surface area contributed by atoms with Gasteiger partial charge in [-0.1, -0.05) is 37.3 Å². The lowest BCUT2D eigenvalue weighted by Crippen LogP contribution is -2.38. The molecule has 1 fully saturated rings. The van der Waals surface area contributed by atoms with Gasteiger partial charge in [-0.05, 0) is 48.6 Å². The molecule has 1 aliphatic rings. The largest absolute Gasteiger partial charge is 0.350 e. The third-order valence-electron chi connectivity index (χ3n) is 5.24. The molecule has 0 saturated carbocycles. The van der Waals surface area contributed by atoms with E-state index in [1.807, 2.05) is 30.3 Å². The molecule has 0 atom stereocenters. The van der Waals surface area contributed by atoms with E-state index in [2.05, 4.69) is 17.6 Å². The lowest BCUT2D eigenvalue weighted by atomic mass is 10.0. The van der Waals surface area contributed by atoms with Crippen LogP contribution in [-0.2, 0) is 21.4 Å². The van der Waals surface area contributed by atoms with Crippen molar-refractivity contribution in [3.8, 4) is 0 Å². The van der Waals surface area contributed by atoms with Crippen molar-refractivity contribution < 1.29 is 18.0 Å². The lowest BCUT2D eigenvalue weighted by molar-refractivity contribution is -0.120. The van der Waals surface area contributed by atoms with Crippen molar-refractivity contribution >= 4 is 21.8 Å². The number of carbonyl (C=O) groups is 2. The molecule has 0 bridgehead atoms. The van der Waals surface area contributed by atoms with E-state index < -0.39 is 15.9 Å². The molecule has 0 radical (unpaired) electrons. The molecule has 1 heterocycles. The van der Waals surface area contributed by atoms with Crippen molar-refractivity contribution in [3.05, 3.63) is 65.7 Å². The summed E-state index contributed by atoms with van der Waals surface area (Å²) in [5, 5.41) is 5.29. The average molecular weight is 430 g/mol. The van der Waals surface area contributed by atoms with Crippen LogP contribution in [0.25, 0.3) is 0 Å². The van der Waals surface area contributed by atoms with Gasteiger partial charge in [-0.2, -0.15) is 4.31 Å². The van der Waals surface area contributed by atoms with Crippen LogP contribution in [0.1, 0.15) is 35.7 Å². The maximum atomic E-state index is 12.8. The Morgan fingerprint density at radius 1 is 0.967 bits per heavy atom. The summed E-state index contributed by atoms with van der Waals surface area (Å²) in [7, 11) is -3.55. The number of hydrogen-bond donors (Lipinski definition) is 2. The normalized spacial score (nSPS) is 15.5. The van der Waals surface area contributed by atoms with E-state index in [1.54, 1.807) is 0 Å². The minimum Gasteiger partial charge on any atom is -0.350 e. The van der Waals surface area contributed by atoms with Gasteiger partial charge in [0.1, 0.15) is 0 Å². The molecule has 2 aromatic carbocycles. The zero-order valence-electron chi connectivity index (χ0n) is 17.0. The summed E-state index contributed by atoms with van der Waals surface area (Å²) in [5.74, 6) is -0.196. The minimum absolute atomic E-state index is 0.155. The molecule has 8 heteroatoms. The summed E-state index contributed by atoms with van der Waals surface area (Å²) in [6.45, 7) is 3.39. The molecule has 0 aromatic heterocycles. The van der Waals surface area contributed by atoms with Gasteiger partial charge in [-0.25, -0.2) is 8.42 Å². The molecular weight excluding hydrogens is 402 g/mol. The Morgan fingerprint density at radius 3 is 2.23 bits per heavy atom. The first-order valence-corrected chi connectivity index (χ1v) is 11.5. The number of benzene rings is 2. The van der Waals surface area contributed by atoms with E-state index in [9.17, 15) is 18.0 Å². The molecule has 0 spiro atoms. The summed E-state index contributed by atoms with van der Waals surface area (Å²) >= 11 is 0. The molecule has 30 heavy (non-hydrogen) atoms. The second kappa shape index (κ2) is 9.86. The van der Waals surface area contributed by atoms with Crippen molar-refractivity contribution in [1.82, 2.24) is 14.9 Å². The van der Waals surface area contributed by atoms with Gasteiger partial charge in [0.05, 0.1) is 11.4 Å². The van der Waals surface area contributed by atoms with Crippen LogP contribution in [-0.4, -0.2) is 44.2 Å². The van der Waals surface area contributed by atoms with E-state index in [1.165, 1.54) is 28.6 Å². The quantitative estimate of drug-likeness (QED) is 0.705. The molecule has 7 nitrogen and oxygen atoms in total. The second-order valence-corrected chi connectivity index (χ2v) is 9.49. The van der Waals surface area contributed by atoms with Gasteiger partial charge in [0.15, 0.2) is 0 Å². The van der Waals surface area contributed by atoms with Crippen LogP contribution in [0.15, 0.2) is 59.5 Å². The molecule has 0 unspecified atom stereocenters. The molecule has 3 rings (SSSR count). The van der Waals surface area contributed by atoms with E-state index in [0.29, 0.717) is 31.1 Å². The average Bonchev–Trinajstić information content (AvgIpc) is 2.77. The molecule has 2 aromatic rings. The highest BCUT2D eigenvalue weighted by atomic mass is 32.2. The summed E-state index contributed by atoms with van der Waals surface area (Å²) < 4.78 is 27.0. The SMILES string of the molecule is CC1CCN(S(=O)(=O)c2ccc(C(=O)NCC(=O)NCc3ccccc3)cc2)CC1. The Labute approximate surface area is 177 Å². The van der Waals surface area contributed by atoms with E-state index in [-0.39, 0.29) is 17.3 Å². The number of carbonyl (C=O) groups excluding carboxylic acids is 2. The van der Waals surface area contributed by atoms with Crippen LogP contribution in [0, 0.1) is 5.92 Å². The number of sulfonamides is 1. The van der Waals surface area contributed by atoms with Crippen LogP contribution in [0.2, 0.25) is 0 Å². The highest BCUT2D eigenvalue weighted by molar-refractivity contribution is 7.89. The minimum atomic E-state index is -3.55. The van der Waals surface area contributed by atoms with Gasteiger partial charge in [0, 0.05) is 25.2 Å². The molecule has 2 N–H and O–H groups in total. The standard InChI is InChI=1S/C22H27N3O4S/c1-17-11-13-25(14-12-17)30(28,29)20-9-7-19(8-10-20)22(27)24-16-21(26)23-15-18-5-3-2-4-6-18/h2-10,17H,11-16H2,1H3,(H,23,26)(H,24,27). The maximum absolute atomic E-state index is 12.8. The smallest absolute Gasteiger partial charge is 0.251 e. The number of piperidine rings is 1. The highest BCUT2D eigenvalue weighted by Crippen LogP contribution is 2.23. The monoisotopic (exact) mass is 429 g/mol. The fourth-order valence-electron chi connectivity index (χ4n) is 3.27. The van der Waals surface area contributed by atoms with Gasteiger partial charge in [-0.15, -0.1) is 0 Å². The van der Waals surface area contributed by atoms with Crippen molar-refractivity contribution in [2.24, 2.45) is 5.92 Å². The van der Waals surface area contributed by atoms with Gasteiger partial charge >= 0.3 is 0 Å². The topological polar surface area (TPSA) is 95.6 Å².